The van der Waals surface area contributed by atoms with Crippen LogP contribution >= 0.6 is 0 Å². The molecule has 3 saturated heterocycles. The number of carbonyl (C=O) groups excluding carboxylic acids is 1. The van der Waals surface area contributed by atoms with E-state index < -0.39 is 0 Å². The Hall–Kier alpha value is -0.610. The van der Waals surface area contributed by atoms with Gasteiger partial charge < -0.3 is 15.5 Å². The maximum absolute atomic E-state index is 12.2. The van der Waals surface area contributed by atoms with E-state index in [4.69, 9.17) is 0 Å². The normalized spacial score (nSPS) is 35.7. The molecule has 3 unspecified atom stereocenters. The van der Waals surface area contributed by atoms with Crippen LogP contribution in [0.15, 0.2) is 0 Å². The van der Waals surface area contributed by atoms with Crippen molar-refractivity contribution < 1.29 is 4.79 Å². The van der Waals surface area contributed by atoms with Crippen molar-refractivity contribution in [3.63, 3.8) is 0 Å². The first-order chi connectivity index (χ1) is 9.22. The Morgan fingerprint density at radius 1 is 1.26 bits per heavy atom. The zero-order valence-electron chi connectivity index (χ0n) is 12.0. The standard InChI is InChI=1S/C15H27N3O/c1-18-8-5-11(6-9-18)4-7-16-15(19)13-10-12-2-3-14(13)17-12/h11-14,17H,2-10H2,1H3,(H,16,19). The summed E-state index contributed by atoms with van der Waals surface area (Å²) in [6.07, 6.45) is 7.27. The van der Waals surface area contributed by atoms with Crippen molar-refractivity contribution in [2.75, 3.05) is 26.7 Å². The molecule has 3 aliphatic heterocycles. The van der Waals surface area contributed by atoms with Gasteiger partial charge in [-0.15, -0.1) is 0 Å². The zero-order chi connectivity index (χ0) is 13.2. The number of rotatable bonds is 4. The average molecular weight is 265 g/mol. The quantitative estimate of drug-likeness (QED) is 0.796. The van der Waals surface area contributed by atoms with Gasteiger partial charge >= 0.3 is 0 Å². The monoisotopic (exact) mass is 265 g/mol. The Morgan fingerprint density at radius 3 is 2.68 bits per heavy atom. The predicted molar refractivity (Wildman–Crippen MR) is 75.9 cm³/mol. The van der Waals surface area contributed by atoms with Gasteiger partial charge in [0, 0.05) is 18.6 Å². The molecule has 0 spiro atoms. The number of fused-ring (bicyclic) bond motifs is 2. The van der Waals surface area contributed by atoms with Gasteiger partial charge in [-0.3, -0.25) is 4.79 Å². The largest absolute Gasteiger partial charge is 0.356 e. The van der Waals surface area contributed by atoms with Crippen LogP contribution in [0.5, 0.6) is 0 Å². The molecule has 1 amide bonds. The van der Waals surface area contributed by atoms with Gasteiger partial charge in [0.15, 0.2) is 0 Å². The van der Waals surface area contributed by atoms with Crippen LogP contribution in [0.1, 0.15) is 38.5 Å². The topological polar surface area (TPSA) is 44.4 Å². The highest BCUT2D eigenvalue weighted by Gasteiger charge is 2.42. The molecule has 0 radical (unpaired) electrons. The summed E-state index contributed by atoms with van der Waals surface area (Å²) < 4.78 is 0. The average Bonchev–Trinajstić information content (AvgIpc) is 3.03. The van der Waals surface area contributed by atoms with Gasteiger partial charge in [-0.1, -0.05) is 0 Å². The highest BCUT2D eigenvalue weighted by molar-refractivity contribution is 5.80. The van der Waals surface area contributed by atoms with Crippen LogP contribution in [0.3, 0.4) is 0 Å². The Bertz CT molecular complexity index is 325. The maximum atomic E-state index is 12.2. The van der Waals surface area contributed by atoms with Crippen LogP contribution in [0.2, 0.25) is 0 Å². The van der Waals surface area contributed by atoms with E-state index in [1.54, 1.807) is 0 Å². The molecule has 0 saturated carbocycles. The van der Waals surface area contributed by atoms with Gasteiger partial charge in [0.05, 0.1) is 5.92 Å². The second-order valence-corrected chi connectivity index (χ2v) is 6.72. The molecule has 4 heteroatoms. The fraction of sp³-hybridized carbons (Fsp3) is 0.933. The number of amides is 1. The summed E-state index contributed by atoms with van der Waals surface area (Å²) in [6, 6.07) is 1.09. The minimum Gasteiger partial charge on any atom is -0.356 e. The van der Waals surface area contributed by atoms with E-state index in [2.05, 4.69) is 22.6 Å². The molecule has 4 nitrogen and oxygen atoms in total. The molecule has 0 aromatic rings. The van der Waals surface area contributed by atoms with E-state index in [1.165, 1.54) is 38.8 Å². The third-order valence-electron chi connectivity index (χ3n) is 5.33. The summed E-state index contributed by atoms with van der Waals surface area (Å²) in [7, 11) is 2.19. The van der Waals surface area contributed by atoms with Crippen LogP contribution in [-0.2, 0) is 4.79 Å². The molecule has 19 heavy (non-hydrogen) atoms. The molecule has 3 aliphatic rings. The first kappa shape index (κ1) is 13.4. The van der Waals surface area contributed by atoms with Crippen molar-refractivity contribution in [1.29, 1.82) is 0 Å². The highest BCUT2D eigenvalue weighted by Crippen LogP contribution is 2.33. The number of nitrogens with one attached hydrogen (secondary N) is 2. The predicted octanol–water partition coefficient (Wildman–Crippen LogP) is 0.975. The van der Waals surface area contributed by atoms with Gasteiger partial charge in [-0.05, 0) is 64.6 Å². The number of carbonyl (C=O) groups is 1. The van der Waals surface area contributed by atoms with E-state index in [1.807, 2.05) is 0 Å². The van der Waals surface area contributed by atoms with Gasteiger partial charge in [0.2, 0.25) is 5.91 Å². The molecule has 0 aromatic heterocycles. The van der Waals surface area contributed by atoms with Gasteiger partial charge in [0.25, 0.3) is 0 Å². The maximum Gasteiger partial charge on any atom is 0.224 e. The summed E-state index contributed by atoms with van der Waals surface area (Å²) in [4.78, 5) is 14.6. The lowest BCUT2D eigenvalue weighted by Crippen LogP contribution is -2.39. The molecule has 2 bridgehead atoms. The molecule has 3 atom stereocenters. The van der Waals surface area contributed by atoms with Gasteiger partial charge in [0.1, 0.15) is 0 Å². The molecule has 0 aliphatic carbocycles. The molecule has 2 N–H and O–H groups in total. The fourth-order valence-corrected chi connectivity index (χ4v) is 4.00. The van der Waals surface area contributed by atoms with Crippen molar-refractivity contribution in [3.05, 3.63) is 0 Å². The SMILES string of the molecule is CN1CCC(CCNC(=O)C2CC3CCC2N3)CC1. The Labute approximate surface area is 116 Å². The Morgan fingerprint density at radius 2 is 2.05 bits per heavy atom. The Balaban J connectivity index is 1.35. The van der Waals surface area contributed by atoms with E-state index >= 15 is 0 Å². The smallest absolute Gasteiger partial charge is 0.224 e. The number of nitrogens with zero attached hydrogens (tertiary/aromatic N) is 1. The third kappa shape index (κ3) is 3.11. The number of hydrogen-bond donors (Lipinski definition) is 2. The number of hydrogen-bond acceptors (Lipinski definition) is 3. The lowest BCUT2D eigenvalue weighted by Gasteiger charge is -2.29. The van der Waals surface area contributed by atoms with Crippen molar-refractivity contribution in [3.8, 4) is 0 Å². The van der Waals surface area contributed by atoms with Crippen molar-refractivity contribution in [1.82, 2.24) is 15.5 Å². The van der Waals surface area contributed by atoms with Gasteiger partial charge in [-0.25, -0.2) is 0 Å². The first-order valence-corrected chi connectivity index (χ1v) is 7.94. The lowest BCUT2D eigenvalue weighted by atomic mass is 9.88. The molecule has 3 fully saturated rings. The van der Waals surface area contributed by atoms with E-state index in [0.717, 1.165) is 25.3 Å². The van der Waals surface area contributed by atoms with Crippen LogP contribution in [-0.4, -0.2) is 49.6 Å². The van der Waals surface area contributed by atoms with Crippen LogP contribution in [0.25, 0.3) is 0 Å². The third-order valence-corrected chi connectivity index (χ3v) is 5.33. The van der Waals surface area contributed by atoms with E-state index in [0.29, 0.717) is 18.0 Å². The van der Waals surface area contributed by atoms with Gasteiger partial charge in [-0.2, -0.15) is 0 Å². The Kier molecular flexibility index (Phi) is 4.08. The second kappa shape index (κ2) is 5.80. The minimum absolute atomic E-state index is 0.247. The van der Waals surface area contributed by atoms with E-state index in [9.17, 15) is 4.79 Å². The molecule has 108 valence electrons. The summed E-state index contributed by atoms with van der Waals surface area (Å²) in [5, 5.41) is 6.71. The first-order valence-electron chi connectivity index (χ1n) is 7.94. The molecule has 0 aromatic carbocycles. The fourth-order valence-electron chi connectivity index (χ4n) is 4.00. The van der Waals surface area contributed by atoms with Crippen LogP contribution in [0, 0.1) is 11.8 Å². The highest BCUT2D eigenvalue weighted by atomic mass is 16.1. The lowest BCUT2D eigenvalue weighted by molar-refractivity contribution is -0.125. The van der Waals surface area contributed by atoms with Crippen LogP contribution in [0.4, 0.5) is 0 Å². The summed E-state index contributed by atoms with van der Waals surface area (Å²) in [6.45, 7) is 3.31. The van der Waals surface area contributed by atoms with Crippen molar-refractivity contribution in [2.45, 2.75) is 50.6 Å². The minimum atomic E-state index is 0.247. The summed E-state index contributed by atoms with van der Waals surface area (Å²) >= 11 is 0. The number of piperidine rings is 1. The summed E-state index contributed by atoms with van der Waals surface area (Å²) in [5.41, 5.74) is 0. The summed E-state index contributed by atoms with van der Waals surface area (Å²) in [5.74, 6) is 1.36. The van der Waals surface area contributed by atoms with Crippen molar-refractivity contribution >= 4 is 5.91 Å². The zero-order valence-corrected chi connectivity index (χ0v) is 12.0. The molecule has 3 heterocycles. The molecular formula is C15H27N3O. The molecular weight excluding hydrogens is 238 g/mol. The molecule has 3 rings (SSSR count). The van der Waals surface area contributed by atoms with Crippen LogP contribution < -0.4 is 10.6 Å². The van der Waals surface area contributed by atoms with Crippen molar-refractivity contribution in [2.24, 2.45) is 11.8 Å². The van der Waals surface area contributed by atoms with E-state index in [-0.39, 0.29) is 5.92 Å². The number of likely N-dealkylation sites (tertiary alicyclic amines) is 1. The second-order valence-electron chi connectivity index (χ2n) is 6.72.